The minimum atomic E-state index is 0.438. The molecule has 7 rings (SSSR count). The monoisotopic (exact) mass is 549 g/mol. The van der Waals surface area contributed by atoms with E-state index in [-0.39, 0.29) is 0 Å². The number of aryl methyl sites for hydroxylation is 1. The topological polar surface area (TPSA) is 71.3 Å². The Labute approximate surface area is 236 Å². The first-order chi connectivity index (χ1) is 19.0. The third-order valence-electron chi connectivity index (χ3n) is 9.74. The molecule has 210 valence electrons. The van der Waals surface area contributed by atoms with Gasteiger partial charge in [0.1, 0.15) is 16.5 Å². The van der Waals surface area contributed by atoms with Crippen molar-refractivity contribution in [2.45, 2.75) is 108 Å². The lowest BCUT2D eigenvalue weighted by atomic mass is 9.89. The molecule has 3 aromatic rings. The van der Waals surface area contributed by atoms with E-state index in [0.717, 1.165) is 60.7 Å². The lowest BCUT2D eigenvalue weighted by molar-refractivity contribution is 0.0595. The first-order valence-corrected chi connectivity index (χ1v) is 16.0. The van der Waals surface area contributed by atoms with Gasteiger partial charge < -0.3 is 10.1 Å². The second-order valence-electron chi connectivity index (χ2n) is 12.6. The standard InChI is InChI=1S/C30H43N7OS/c1-19(2)35-16-26-13-25(35)17-36(26)23-6-4-22(5-7-23)32-29-28-20(3)18-39-30(28)34-27(33-29)12-21-14-31-37(15-21)24-8-10-38-11-9-24/h14-15,18-19,22-26H,4-13,16-17H2,1-3H3,(H,32,33,34). The Morgan fingerprint density at radius 1 is 1.00 bits per heavy atom. The van der Waals surface area contributed by atoms with Gasteiger partial charge >= 0.3 is 0 Å². The SMILES string of the molecule is Cc1csc2nc(Cc3cnn(C4CCOCC4)c3)nc(NC3CCC(N4CC5CC4CN5C(C)C)CC3)c12. The second kappa shape index (κ2) is 10.7. The van der Waals surface area contributed by atoms with Crippen LogP contribution in [-0.4, -0.2) is 86.1 Å². The molecule has 4 aliphatic rings. The van der Waals surface area contributed by atoms with E-state index in [9.17, 15) is 0 Å². The number of anilines is 1. The molecule has 9 heteroatoms. The molecule has 6 heterocycles. The Kier molecular flexibility index (Phi) is 7.11. The van der Waals surface area contributed by atoms with Gasteiger partial charge in [-0.15, -0.1) is 11.3 Å². The van der Waals surface area contributed by atoms with Gasteiger partial charge in [-0.3, -0.25) is 14.5 Å². The zero-order valence-electron chi connectivity index (χ0n) is 23.7. The molecule has 1 saturated carbocycles. The molecule has 3 aliphatic heterocycles. The Bertz CT molecular complexity index is 1290. The first kappa shape index (κ1) is 25.9. The summed E-state index contributed by atoms with van der Waals surface area (Å²) in [4.78, 5) is 16.8. The highest BCUT2D eigenvalue weighted by Crippen LogP contribution is 2.38. The maximum atomic E-state index is 5.53. The van der Waals surface area contributed by atoms with E-state index in [2.05, 4.69) is 57.2 Å². The second-order valence-corrected chi connectivity index (χ2v) is 13.5. The van der Waals surface area contributed by atoms with Crippen molar-refractivity contribution in [3.8, 4) is 0 Å². The quantitative estimate of drug-likeness (QED) is 0.443. The van der Waals surface area contributed by atoms with Gasteiger partial charge in [0.25, 0.3) is 0 Å². The fourth-order valence-corrected chi connectivity index (χ4v) is 8.61. The lowest BCUT2D eigenvalue weighted by Crippen LogP contribution is -2.53. The van der Waals surface area contributed by atoms with Crippen LogP contribution in [0.5, 0.6) is 0 Å². The minimum absolute atomic E-state index is 0.438. The molecule has 0 aromatic carbocycles. The molecule has 1 aliphatic carbocycles. The predicted molar refractivity (Wildman–Crippen MR) is 157 cm³/mol. The summed E-state index contributed by atoms with van der Waals surface area (Å²) >= 11 is 1.73. The van der Waals surface area contributed by atoms with Crippen molar-refractivity contribution in [3.05, 3.63) is 34.7 Å². The Morgan fingerprint density at radius 3 is 2.56 bits per heavy atom. The van der Waals surface area contributed by atoms with Gasteiger partial charge in [-0.25, -0.2) is 9.97 Å². The molecular weight excluding hydrogens is 506 g/mol. The zero-order chi connectivity index (χ0) is 26.5. The number of likely N-dealkylation sites (tertiary alicyclic amines) is 2. The van der Waals surface area contributed by atoms with Crippen LogP contribution in [0, 0.1) is 6.92 Å². The number of hydrogen-bond acceptors (Lipinski definition) is 8. The van der Waals surface area contributed by atoms with Gasteiger partial charge in [0, 0.05) is 69.1 Å². The Morgan fingerprint density at radius 2 is 1.82 bits per heavy atom. The number of fused-ring (bicyclic) bond motifs is 3. The van der Waals surface area contributed by atoms with E-state index in [0.29, 0.717) is 24.5 Å². The fourth-order valence-electron chi connectivity index (χ4n) is 7.67. The van der Waals surface area contributed by atoms with Crippen LogP contribution in [0.2, 0.25) is 0 Å². The van der Waals surface area contributed by atoms with E-state index in [4.69, 9.17) is 14.7 Å². The highest BCUT2D eigenvalue weighted by molar-refractivity contribution is 7.17. The molecule has 0 amide bonds. The molecule has 2 bridgehead atoms. The van der Waals surface area contributed by atoms with Crippen LogP contribution in [0.3, 0.4) is 0 Å². The van der Waals surface area contributed by atoms with Crippen LogP contribution in [0.15, 0.2) is 17.8 Å². The van der Waals surface area contributed by atoms with Gasteiger partial charge in [-0.2, -0.15) is 5.10 Å². The third-order valence-corrected chi connectivity index (χ3v) is 10.7. The fraction of sp³-hybridized carbons (Fsp3) is 0.700. The van der Waals surface area contributed by atoms with Crippen LogP contribution >= 0.6 is 11.3 Å². The average molecular weight is 550 g/mol. The van der Waals surface area contributed by atoms with Gasteiger partial charge in [-0.1, -0.05) is 0 Å². The molecule has 0 radical (unpaired) electrons. The minimum Gasteiger partial charge on any atom is -0.381 e. The molecule has 4 fully saturated rings. The summed E-state index contributed by atoms with van der Waals surface area (Å²) in [6, 6.07) is 3.91. The molecule has 3 saturated heterocycles. The van der Waals surface area contributed by atoms with Crippen LogP contribution in [0.4, 0.5) is 5.82 Å². The van der Waals surface area contributed by atoms with Crippen LogP contribution in [0.25, 0.3) is 10.2 Å². The van der Waals surface area contributed by atoms with Crippen molar-refractivity contribution < 1.29 is 4.74 Å². The normalized spacial score (nSPS) is 28.7. The summed E-state index contributed by atoms with van der Waals surface area (Å²) < 4.78 is 7.65. The van der Waals surface area contributed by atoms with E-state index >= 15 is 0 Å². The van der Waals surface area contributed by atoms with E-state index < -0.39 is 0 Å². The number of nitrogens with zero attached hydrogens (tertiary/aromatic N) is 6. The number of thiophene rings is 1. The molecule has 0 spiro atoms. The Balaban J connectivity index is 1.02. The summed E-state index contributed by atoms with van der Waals surface area (Å²) in [6.07, 6.45) is 13.3. The molecular formula is C30H43N7OS. The smallest absolute Gasteiger partial charge is 0.139 e. The largest absolute Gasteiger partial charge is 0.381 e. The van der Waals surface area contributed by atoms with Crippen molar-refractivity contribution in [2.75, 3.05) is 31.6 Å². The van der Waals surface area contributed by atoms with E-state index in [1.54, 1.807) is 11.3 Å². The van der Waals surface area contributed by atoms with Crippen molar-refractivity contribution >= 4 is 27.4 Å². The van der Waals surface area contributed by atoms with Crippen LogP contribution < -0.4 is 5.32 Å². The van der Waals surface area contributed by atoms with Crippen molar-refractivity contribution in [3.63, 3.8) is 0 Å². The third kappa shape index (κ3) is 5.11. The highest BCUT2D eigenvalue weighted by atomic mass is 32.1. The Hall–Kier alpha value is -2.07. The maximum absolute atomic E-state index is 5.53. The maximum Gasteiger partial charge on any atom is 0.139 e. The van der Waals surface area contributed by atoms with Crippen LogP contribution in [-0.2, 0) is 11.2 Å². The number of rotatable bonds is 7. The number of ether oxygens (including phenoxy) is 1. The average Bonchev–Trinajstić information content (AvgIpc) is 3.74. The molecule has 3 aromatic heterocycles. The molecule has 2 unspecified atom stereocenters. The molecule has 39 heavy (non-hydrogen) atoms. The zero-order valence-corrected chi connectivity index (χ0v) is 24.5. The van der Waals surface area contributed by atoms with Crippen molar-refractivity contribution in [1.82, 2.24) is 29.5 Å². The molecule has 8 nitrogen and oxygen atoms in total. The number of nitrogens with one attached hydrogen (secondary N) is 1. The predicted octanol–water partition coefficient (Wildman–Crippen LogP) is 5.03. The van der Waals surface area contributed by atoms with Gasteiger partial charge in [0.15, 0.2) is 0 Å². The van der Waals surface area contributed by atoms with Crippen molar-refractivity contribution in [1.29, 1.82) is 0 Å². The molecule has 1 N–H and O–H groups in total. The van der Waals surface area contributed by atoms with Gasteiger partial charge in [0.2, 0.25) is 0 Å². The van der Waals surface area contributed by atoms with Gasteiger partial charge in [0.05, 0.1) is 17.6 Å². The van der Waals surface area contributed by atoms with Crippen LogP contribution in [0.1, 0.15) is 81.8 Å². The number of aromatic nitrogens is 4. The highest BCUT2D eigenvalue weighted by Gasteiger charge is 2.46. The van der Waals surface area contributed by atoms with E-state index in [1.165, 1.54) is 61.7 Å². The summed E-state index contributed by atoms with van der Waals surface area (Å²) in [5, 5.41) is 12.0. The number of hydrogen-bond donors (Lipinski definition) is 1. The van der Waals surface area contributed by atoms with E-state index in [1.807, 2.05) is 6.20 Å². The van der Waals surface area contributed by atoms with Crippen molar-refractivity contribution in [2.24, 2.45) is 0 Å². The summed E-state index contributed by atoms with van der Waals surface area (Å²) in [5.74, 6) is 1.91. The summed E-state index contributed by atoms with van der Waals surface area (Å²) in [5.41, 5.74) is 2.45. The van der Waals surface area contributed by atoms with Gasteiger partial charge in [-0.05, 0) is 82.2 Å². The summed E-state index contributed by atoms with van der Waals surface area (Å²) in [6.45, 7) is 11.1. The lowest BCUT2D eigenvalue weighted by Gasteiger charge is -2.43. The first-order valence-electron chi connectivity index (χ1n) is 15.2. The molecule has 2 atom stereocenters. The summed E-state index contributed by atoms with van der Waals surface area (Å²) in [7, 11) is 0. The number of piperazine rings is 1.